The second kappa shape index (κ2) is 40.0. The van der Waals surface area contributed by atoms with Crippen molar-refractivity contribution >= 4 is 83.5 Å². The highest BCUT2D eigenvalue weighted by atomic mass is 32.2. The number of amides is 9. The highest BCUT2D eigenvalue weighted by Gasteiger charge is 2.36. The number of rotatable bonds is 42. The molecule has 0 aliphatic heterocycles. The van der Waals surface area contributed by atoms with Gasteiger partial charge in [-0.3, -0.25) is 43.2 Å². The zero-order valence-electron chi connectivity index (χ0n) is 49.0. The number of hydrogen-bond acceptors (Lipinski definition) is 20. The summed E-state index contributed by atoms with van der Waals surface area (Å²) in [6, 6.07) is -1.25. The number of aromatic nitrogens is 2. The lowest BCUT2D eigenvalue weighted by Crippen LogP contribution is -2.62. The first-order valence-electron chi connectivity index (χ1n) is 28.6. The van der Waals surface area contributed by atoms with Crippen molar-refractivity contribution in [2.24, 2.45) is 22.9 Å². The molecule has 0 saturated carbocycles. The summed E-state index contributed by atoms with van der Waals surface area (Å²) in [7, 11) is 0. The topological polar surface area (TPSA) is 493 Å². The first-order chi connectivity index (χ1) is 41.5. The molecule has 1 heterocycles. The van der Waals surface area contributed by atoms with Gasteiger partial charge in [-0.25, -0.2) is 9.78 Å². The predicted octanol–water partition coefficient (Wildman–Crippen LogP) is -3.29. The van der Waals surface area contributed by atoms with Gasteiger partial charge in [0, 0.05) is 36.9 Å². The second-order valence-electron chi connectivity index (χ2n) is 20.7. The number of thiol groups is 1. The maximum atomic E-state index is 14.5. The zero-order valence-corrected chi connectivity index (χ0v) is 50.7. The minimum atomic E-state index is -1.78. The number of carbonyl (C=O) groups is 10. The standard InChI is InChI=1S/C56H87N15O14S2/c1-32(72)47(55(83)70-45(30-86)54(82)67-42(25-33-12-16-36(73)17-13-33)52(80)69-44(56(84)85)26-34-14-18-37(74)19-15-34)71-51(79)40(11-5-8-23-59)65-53(81)43(27-35-28-61-31-63-35)68-50(78)41(20-24-87-2)66-49(77)39(10-4-7-22-58)64-46(75)29-62-48(76)38(60)9-3-6-21-57/h12-19,28,31-32,38-45,47,72-74,86H,3-11,20-27,29-30,57-60H2,1-2H3,(H,61,63)(H,62,76)(H,64,75)(H,65,81)(H,66,77)(H,67,82)(H,68,78)(H,69,80)(H,70,83)(H,71,79)(H,84,85)/t32-,38+,39+,40+,41+,42+,43+,44+,45+,47+/m1/s1. The van der Waals surface area contributed by atoms with E-state index in [9.17, 15) is 68.4 Å². The van der Waals surface area contributed by atoms with Gasteiger partial charge in [0.15, 0.2) is 0 Å². The van der Waals surface area contributed by atoms with E-state index in [1.165, 1.54) is 79.7 Å². The van der Waals surface area contributed by atoms with Crippen LogP contribution in [0.4, 0.5) is 0 Å². The van der Waals surface area contributed by atoms with Crippen molar-refractivity contribution in [2.45, 2.75) is 151 Å². The van der Waals surface area contributed by atoms with Gasteiger partial charge in [-0.2, -0.15) is 24.4 Å². The molecule has 482 valence electrons. The number of carbonyl (C=O) groups excluding carboxylic acids is 9. The molecule has 22 N–H and O–H groups in total. The van der Waals surface area contributed by atoms with E-state index in [0.717, 1.165) is 0 Å². The van der Waals surface area contributed by atoms with Crippen LogP contribution in [0, 0.1) is 0 Å². The van der Waals surface area contributed by atoms with Crippen LogP contribution in [0.15, 0.2) is 61.1 Å². The van der Waals surface area contributed by atoms with Gasteiger partial charge in [-0.1, -0.05) is 30.7 Å². The average Bonchev–Trinajstić information content (AvgIpc) is 4.13. The summed E-state index contributed by atoms with van der Waals surface area (Å²) < 4.78 is 0. The van der Waals surface area contributed by atoms with Crippen molar-refractivity contribution in [1.82, 2.24) is 57.8 Å². The van der Waals surface area contributed by atoms with E-state index in [1.54, 1.807) is 6.26 Å². The van der Waals surface area contributed by atoms with Gasteiger partial charge in [0.2, 0.25) is 53.2 Å². The number of carboxylic acid groups (broad SMARTS) is 1. The number of aromatic amines is 1. The van der Waals surface area contributed by atoms with Crippen molar-refractivity contribution in [2.75, 3.05) is 43.9 Å². The highest BCUT2D eigenvalue weighted by Crippen LogP contribution is 2.15. The molecule has 31 heteroatoms. The van der Waals surface area contributed by atoms with Crippen molar-refractivity contribution in [3.8, 4) is 11.5 Å². The average molecular weight is 1260 g/mol. The molecule has 0 aliphatic carbocycles. The number of carboxylic acids is 1. The Labute approximate surface area is 514 Å². The number of thioether (sulfide) groups is 1. The molecule has 29 nitrogen and oxygen atoms in total. The summed E-state index contributed by atoms with van der Waals surface area (Å²) in [5.41, 5.74) is 24.3. The van der Waals surface area contributed by atoms with Crippen LogP contribution in [-0.2, 0) is 67.2 Å². The van der Waals surface area contributed by atoms with Gasteiger partial charge < -0.3 is 96.2 Å². The molecule has 2 aromatic carbocycles. The molecule has 3 rings (SSSR count). The SMILES string of the molecule is CSCC[C@H](NC(=O)[C@H](CCCCN)NC(=O)CNC(=O)[C@@H](N)CCCCN)C(=O)N[C@@H](Cc1cnc[nH]1)C(=O)N[C@@H](CCCCN)C(=O)N[C@H](C(=O)N[C@@H](CS)C(=O)N[C@@H](Cc1ccc(O)cc1)C(=O)N[C@@H](Cc1ccc(O)cc1)C(=O)O)[C@@H](C)O. The maximum Gasteiger partial charge on any atom is 0.326 e. The number of unbranched alkanes of at least 4 members (excludes halogenated alkanes) is 3. The van der Waals surface area contributed by atoms with Crippen LogP contribution in [0.1, 0.15) is 88.0 Å². The van der Waals surface area contributed by atoms with Crippen molar-refractivity contribution < 1.29 is 68.4 Å². The predicted molar refractivity (Wildman–Crippen MR) is 327 cm³/mol. The molecule has 0 unspecified atom stereocenters. The Morgan fingerprint density at radius 3 is 1.45 bits per heavy atom. The molecular weight excluding hydrogens is 1170 g/mol. The molecule has 0 radical (unpaired) electrons. The van der Waals surface area contributed by atoms with Crippen LogP contribution >= 0.6 is 24.4 Å². The highest BCUT2D eigenvalue weighted by molar-refractivity contribution is 7.98. The molecule has 0 saturated heterocycles. The number of nitrogens with two attached hydrogens (primary N) is 4. The van der Waals surface area contributed by atoms with Crippen LogP contribution in [0.2, 0.25) is 0 Å². The summed E-state index contributed by atoms with van der Waals surface area (Å²) in [6.45, 7) is 1.62. The number of phenols is 2. The van der Waals surface area contributed by atoms with Crippen LogP contribution in [0.3, 0.4) is 0 Å². The number of aromatic hydroxyl groups is 2. The molecule has 87 heavy (non-hydrogen) atoms. The van der Waals surface area contributed by atoms with Gasteiger partial charge in [0.1, 0.15) is 59.8 Å². The number of aliphatic hydroxyl groups excluding tert-OH is 1. The fourth-order valence-corrected chi connectivity index (χ4v) is 9.39. The zero-order chi connectivity index (χ0) is 64.4. The third-order valence-corrected chi connectivity index (χ3v) is 14.7. The van der Waals surface area contributed by atoms with Crippen LogP contribution in [0.5, 0.6) is 11.5 Å². The number of imidazole rings is 1. The third-order valence-electron chi connectivity index (χ3n) is 13.6. The van der Waals surface area contributed by atoms with E-state index < -0.39 is 132 Å². The lowest BCUT2D eigenvalue weighted by molar-refractivity contribution is -0.142. The molecule has 9 amide bonds. The monoisotopic (exact) mass is 1260 g/mol. The van der Waals surface area contributed by atoms with Crippen LogP contribution < -0.4 is 70.8 Å². The van der Waals surface area contributed by atoms with Gasteiger partial charge in [-0.15, -0.1) is 0 Å². The molecule has 10 atom stereocenters. The molecule has 1 aromatic heterocycles. The second-order valence-corrected chi connectivity index (χ2v) is 22.1. The Morgan fingerprint density at radius 1 is 0.552 bits per heavy atom. The van der Waals surface area contributed by atoms with E-state index in [1.807, 2.05) is 0 Å². The van der Waals surface area contributed by atoms with E-state index >= 15 is 0 Å². The molecule has 0 bridgehead atoms. The van der Waals surface area contributed by atoms with Crippen molar-refractivity contribution in [3.63, 3.8) is 0 Å². The summed E-state index contributed by atoms with van der Waals surface area (Å²) >= 11 is 5.62. The maximum absolute atomic E-state index is 14.5. The van der Waals surface area contributed by atoms with Gasteiger partial charge in [0.05, 0.1) is 25.0 Å². The quantitative estimate of drug-likeness (QED) is 0.0195. The Kier molecular flexibility index (Phi) is 33.9. The number of benzene rings is 2. The van der Waals surface area contributed by atoms with Gasteiger partial charge in [-0.05, 0) is 132 Å². The first kappa shape index (κ1) is 73.7. The summed E-state index contributed by atoms with van der Waals surface area (Å²) in [5, 5.41) is 63.5. The van der Waals surface area contributed by atoms with Crippen LogP contribution in [0.25, 0.3) is 0 Å². The molecule has 3 aromatic rings. The van der Waals surface area contributed by atoms with Crippen molar-refractivity contribution in [3.05, 3.63) is 77.9 Å². The van der Waals surface area contributed by atoms with Gasteiger partial charge in [0.25, 0.3) is 0 Å². The van der Waals surface area contributed by atoms with E-state index in [0.29, 0.717) is 74.2 Å². The number of H-pyrrole nitrogens is 1. The van der Waals surface area contributed by atoms with E-state index in [4.69, 9.17) is 22.9 Å². The molecule has 0 aliphatic rings. The Morgan fingerprint density at radius 2 is 0.977 bits per heavy atom. The molecular formula is C56H87N15O14S2. The van der Waals surface area contributed by atoms with Crippen LogP contribution in [-0.4, -0.2) is 194 Å². The molecule has 0 spiro atoms. The first-order valence-corrected chi connectivity index (χ1v) is 30.7. The number of aliphatic carboxylic acids is 1. The van der Waals surface area contributed by atoms with Gasteiger partial charge >= 0.3 is 5.97 Å². The minimum absolute atomic E-state index is 0.0628. The third kappa shape index (κ3) is 27.4. The fraction of sp³-hybridized carbons (Fsp3) is 0.554. The normalized spacial score (nSPS) is 14.6. The molecule has 0 fully saturated rings. The Hall–Kier alpha value is -7.55. The number of nitrogens with one attached hydrogen (secondary N) is 10. The smallest absolute Gasteiger partial charge is 0.326 e. The largest absolute Gasteiger partial charge is 0.508 e. The number of phenolic OH excluding ortho intramolecular Hbond substituents is 2. The number of aliphatic hydroxyl groups is 1. The summed E-state index contributed by atoms with van der Waals surface area (Å²) in [6.07, 6.45) is 5.57. The lowest BCUT2D eigenvalue weighted by atomic mass is 10.0. The Bertz CT molecular complexity index is 2660. The summed E-state index contributed by atoms with van der Waals surface area (Å²) in [4.78, 5) is 144. The Balaban J connectivity index is 1.84. The number of nitrogens with zero attached hydrogens (tertiary/aromatic N) is 1. The fourth-order valence-electron chi connectivity index (χ4n) is 8.66. The van der Waals surface area contributed by atoms with Crippen molar-refractivity contribution in [1.29, 1.82) is 0 Å². The van der Waals surface area contributed by atoms with E-state index in [-0.39, 0.29) is 63.0 Å². The summed E-state index contributed by atoms with van der Waals surface area (Å²) in [5.74, 6) is -9.27. The minimum Gasteiger partial charge on any atom is -0.508 e. The lowest BCUT2D eigenvalue weighted by Gasteiger charge is -2.28. The number of hydrogen-bond donors (Lipinski definition) is 19. The van der Waals surface area contributed by atoms with E-state index in [2.05, 4.69) is 70.4 Å².